The van der Waals surface area contributed by atoms with Crippen molar-refractivity contribution in [2.24, 2.45) is 11.8 Å². The Morgan fingerprint density at radius 3 is 2.88 bits per heavy atom. The van der Waals surface area contributed by atoms with Gasteiger partial charge >= 0.3 is 0 Å². The summed E-state index contributed by atoms with van der Waals surface area (Å²) >= 11 is 6.32. The van der Waals surface area contributed by atoms with Crippen molar-refractivity contribution in [3.8, 4) is 6.07 Å². The van der Waals surface area contributed by atoms with Crippen LogP contribution in [-0.4, -0.2) is 34.6 Å². The number of anilines is 2. The van der Waals surface area contributed by atoms with Gasteiger partial charge in [-0.15, -0.1) is 0 Å². The Labute approximate surface area is 154 Å². The fourth-order valence-corrected chi connectivity index (χ4v) is 3.46. The Hall–Kier alpha value is -2.69. The summed E-state index contributed by atoms with van der Waals surface area (Å²) in [6.07, 6.45) is 1.54. The van der Waals surface area contributed by atoms with Crippen molar-refractivity contribution in [2.75, 3.05) is 16.8 Å². The van der Waals surface area contributed by atoms with Gasteiger partial charge in [0, 0.05) is 30.2 Å². The number of fused-ring (bicyclic) bond motifs is 1. The van der Waals surface area contributed by atoms with E-state index < -0.39 is 6.10 Å². The van der Waals surface area contributed by atoms with Crippen LogP contribution in [0.1, 0.15) is 12.8 Å². The van der Waals surface area contributed by atoms with Crippen LogP contribution in [0.4, 0.5) is 11.5 Å². The largest absolute Gasteiger partial charge is 0.383 e. The number of pyridine rings is 1. The molecule has 0 spiro atoms. The van der Waals surface area contributed by atoms with Crippen LogP contribution in [-0.2, 0) is 9.59 Å². The number of aliphatic hydroxyl groups is 1. The van der Waals surface area contributed by atoms with Gasteiger partial charge in [0.1, 0.15) is 11.9 Å². The first-order valence-electron chi connectivity index (χ1n) is 8.27. The topological polar surface area (TPSA) is 106 Å². The van der Waals surface area contributed by atoms with Gasteiger partial charge in [0.25, 0.3) is 5.91 Å². The second-order valence-electron chi connectivity index (χ2n) is 6.58. The molecule has 0 bridgehead atoms. The molecule has 3 atom stereocenters. The maximum atomic E-state index is 12.1. The van der Waals surface area contributed by atoms with Gasteiger partial charge in [-0.3, -0.25) is 9.59 Å². The number of aliphatic hydroxyl groups excluding tert-OH is 1. The quantitative estimate of drug-likeness (QED) is 0.860. The average Bonchev–Trinajstić information content (AvgIpc) is 3.34. The summed E-state index contributed by atoms with van der Waals surface area (Å²) in [5.41, 5.74) is 0.597. The molecule has 1 aliphatic carbocycles. The lowest BCUT2D eigenvalue weighted by Gasteiger charge is -2.17. The second-order valence-corrected chi connectivity index (χ2v) is 6.99. The highest BCUT2D eigenvalue weighted by molar-refractivity contribution is 6.36. The minimum absolute atomic E-state index is 0.218. The van der Waals surface area contributed by atoms with Crippen LogP contribution < -0.4 is 10.2 Å². The van der Waals surface area contributed by atoms with Gasteiger partial charge in [-0.25, -0.2) is 4.98 Å². The minimum atomic E-state index is -0.983. The Kier molecular flexibility index (Phi) is 4.02. The van der Waals surface area contributed by atoms with Gasteiger partial charge in [0.05, 0.1) is 22.9 Å². The molecule has 2 aromatic rings. The number of halogens is 1. The number of nitriles is 1. The molecule has 2 fully saturated rings. The normalized spacial score (nSPS) is 24.6. The van der Waals surface area contributed by atoms with Crippen molar-refractivity contribution in [1.82, 2.24) is 4.98 Å². The fraction of sp³-hybridized carbons (Fsp3) is 0.333. The van der Waals surface area contributed by atoms with E-state index in [-0.39, 0.29) is 23.7 Å². The molecular formula is C18H15ClN4O3. The molecule has 1 saturated carbocycles. The highest BCUT2D eigenvalue weighted by Gasteiger charge is 2.43. The SMILES string of the molecule is N#CC1CC1C(=O)Nc1cc2cc(N3CC[C@@H](O)C3=O)cc(Cl)c2cn1. The summed E-state index contributed by atoms with van der Waals surface area (Å²) in [5, 5.41) is 23.0. The van der Waals surface area contributed by atoms with Crippen LogP contribution in [0.15, 0.2) is 24.4 Å². The zero-order valence-electron chi connectivity index (χ0n) is 13.6. The predicted molar refractivity (Wildman–Crippen MR) is 95.6 cm³/mol. The van der Waals surface area contributed by atoms with Crippen LogP contribution in [0, 0.1) is 23.2 Å². The highest BCUT2D eigenvalue weighted by Crippen LogP contribution is 2.38. The monoisotopic (exact) mass is 370 g/mol. The molecule has 2 aliphatic rings. The molecule has 1 aliphatic heterocycles. The Morgan fingerprint density at radius 1 is 1.42 bits per heavy atom. The molecular weight excluding hydrogens is 356 g/mol. The number of carbonyl (C=O) groups is 2. The molecule has 1 aromatic heterocycles. The zero-order valence-corrected chi connectivity index (χ0v) is 14.4. The molecule has 1 aromatic carbocycles. The first-order chi connectivity index (χ1) is 12.5. The smallest absolute Gasteiger partial charge is 0.255 e. The maximum absolute atomic E-state index is 12.1. The number of hydrogen-bond donors (Lipinski definition) is 2. The van der Waals surface area contributed by atoms with E-state index in [0.29, 0.717) is 41.3 Å². The second kappa shape index (κ2) is 6.24. The van der Waals surface area contributed by atoms with Crippen molar-refractivity contribution in [3.63, 3.8) is 0 Å². The number of hydrogen-bond acceptors (Lipinski definition) is 5. The number of nitrogens with zero attached hydrogens (tertiary/aromatic N) is 3. The third kappa shape index (κ3) is 2.87. The van der Waals surface area contributed by atoms with Gasteiger partial charge in [0.15, 0.2) is 0 Å². The summed E-state index contributed by atoms with van der Waals surface area (Å²) in [4.78, 5) is 29.8. The lowest BCUT2D eigenvalue weighted by atomic mass is 10.1. The predicted octanol–water partition coefficient (Wildman–Crippen LogP) is 2.08. The molecule has 8 heteroatoms. The minimum Gasteiger partial charge on any atom is -0.383 e. The van der Waals surface area contributed by atoms with Crippen LogP contribution in [0.25, 0.3) is 10.8 Å². The number of amides is 2. The van der Waals surface area contributed by atoms with E-state index >= 15 is 0 Å². The van der Waals surface area contributed by atoms with Gasteiger partial charge in [0.2, 0.25) is 5.91 Å². The maximum Gasteiger partial charge on any atom is 0.255 e. The van der Waals surface area contributed by atoms with Crippen molar-refractivity contribution < 1.29 is 14.7 Å². The fourth-order valence-electron chi connectivity index (χ4n) is 3.19. The standard InChI is InChI=1S/C18H15ClN4O3/c19-14-6-11(23-2-1-15(24)18(23)26)3-9-5-16(21-8-13(9)14)22-17(25)12-4-10(12)7-20/h3,5-6,8,10,12,15,24H,1-2,4H2,(H,21,22,25)/t10?,12?,15-/m1/s1. The zero-order chi connectivity index (χ0) is 18.4. The van der Waals surface area contributed by atoms with Crippen LogP contribution in [0.5, 0.6) is 0 Å². The van der Waals surface area contributed by atoms with E-state index in [1.165, 1.54) is 4.90 Å². The number of carbonyl (C=O) groups excluding carboxylic acids is 2. The Bertz CT molecular complexity index is 971. The summed E-state index contributed by atoms with van der Waals surface area (Å²) < 4.78 is 0. The molecule has 1 saturated heterocycles. The number of nitrogens with one attached hydrogen (secondary N) is 1. The molecule has 2 unspecified atom stereocenters. The summed E-state index contributed by atoms with van der Waals surface area (Å²) in [6.45, 7) is 0.424. The van der Waals surface area contributed by atoms with Crippen LogP contribution in [0.3, 0.4) is 0 Å². The van der Waals surface area contributed by atoms with E-state index in [1.54, 1.807) is 24.4 Å². The van der Waals surface area contributed by atoms with Crippen molar-refractivity contribution in [2.45, 2.75) is 18.9 Å². The molecule has 0 radical (unpaired) electrons. The summed E-state index contributed by atoms with van der Waals surface area (Å²) in [5.74, 6) is -0.699. The highest BCUT2D eigenvalue weighted by atomic mass is 35.5. The van der Waals surface area contributed by atoms with E-state index in [1.807, 2.05) is 0 Å². The van der Waals surface area contributed by atoms with E-state index in [0.717, 1.165) is 5.39 Å². The molecule has 7 nitrogen and oxygen atoms in total. The lowest BCUT2D eigenvalue weighted by Crippen LogP contribution is -2.29. The Balaban J connectivity index is 1.63. The van der Waals surface area contributed by atoms with Crippen molar-refractivity contribution in [1.29, 1.82) is 5.26 Å². The molecule has 2 amide bonds. The third-order valence-corrected chi connectivity index (χ3v) is 5.12. The first-order valence-corrected chi connectivity index (χ1v) is 8.65. The van der Waals surface area contributed by atoms with Crippen molar-refractivity contribution in [3.05, 3.63) is 29.4 Å². The number of aromatic nitrogens is 1. The van der Waals surface area contributed by atoms with E-state index in [9.17, 15) is 14.7 Å². The van der Waals surface area contributed by atoms with Gasteiger partial charge in [-0.2, -0.15) is 5.26 Å². The number of rotatable bonds is 3. The molecule has 132 valence electrons. The third-order valence-electron chi connectivity index (χ3n) is 4.80. The summed E-state index contributed by atoms with van der Waals surface area (Å²) in [7, 11) is 0. The first kappa shape index (κ1) is 16.8. The molecule has 2 heterocycles. The van der Waals surface area contributed by atoms with E-state index in [2.05, 4.69) is 16.4 Å². The number of benzene rings is 1. The summed E-state index contributed by atoms with van der Waals surface area (Å²) in [6, 6.07) is 7.22. The van der Waals surface area contributed by atoms with Crippen LogP contribution >= 0.6 is 11.6 Å². The molecule has 2 N–H and O–H groups in total. The van der Waals surface area contributed by atoms with Gasteiger partial charge in [-0.05, 0) is 30.0 Å². The van der Waals surface area contributed by atoms with Crippen LogP contribution in [0.2, 0.25) is 5.02 Å². The molecule has 26 heavy (non-hydrogen) atoms. The van der Waals surface area contributed by atoms with E-state index in [4.69, 9.17) is 16.9 Å². The van der Waals surface area contributed by atoms with Gasteiger partial charge < -0.3 is 15.3 Å². The average molecular weight is 371 g/mol. The van der Waals surface area contributed by atoms with Gasteiger partial charge in [-0.1, -0.05) is 11.6 Å². The van der Waals surface area contributed by atoms with Crippen molar-refractivity contribution >= 4 is 45.7 Å². The lowest BCUT2D eigenvalue weighted by molar-refractivity contribution is -0.124. The molecule has 4 rings (SSSR count). The Morgan fingerprint density at radius 2 is 2.23 bits per heavy atom.